The van der Waals surface area contributed by atoms with E-state index < -0.39 is 0 Å². The Balaban J connectivity index is 2.01. The Bertz CT molecular complexity index is 596. The van der Waals surface area contributed by atoms with E-state index in [1.54, 1.807) is 0 Å². The number of hydrogen-bond donors (Lipinski definition) is 0. The smallest absolute Gasteiger partial charge is 0.0831 e. The highest BCUT2D eigenvalue weighted by molar-refractivity contribution is 7.97. The molecule has 2 atom stereocenters. The number of nitrogens with zero attached hydrogens (tertiary/aromatic N) is 2. The second-order valence-corrected chi connectivity index (χ2v) is 8.35. The van der Waals surface area contributed by atoms with Crippen LogP contribution in [0.25, 0.3) is 0 Å². The highest BCUT2D eigenvalue weighted by atomic mass is 32.2. The lowest BCUT2D eigenvalue weighted by Crippen LogP contribution is -2.32. The topological polar surface area (TPSA) is 6.48 Å². The van der Waals surface area contributed by atoms with E-state index in [1.807, 2.05) is 23.9 Å². The summed E-state index contributed by atoms with van der Waals surface area (Å²) in [5.74, 6) is 0. The molecule has 2 aromatic carbocycles. The Labute approximate surface area is 167 Å². The van der Waals surface area contributed by atoms with E-state index in [-0.39, 0.29) is 0 Å². The van der Waals surface area contributed by atoms with Crippen molar-refractivity contribution in [3.05, 3.63) is 71.8 Å². The summed E-state index contributed by atoms with van der Waals surface area (Å²) in [5.41, 5.74) is 2.82. The lowest BCUT2D eigenvalue weighted by atomic mass is 9.95. The molecule has 2 aromatic rings. The number of benzene rings is 2. The fourth-order valence-corrected chi connectivity index (χ4v) is 5.91. The molecule has 1 fully saturated rings. The Kier molecular flexibility index (Phi) is 7.50. The zero-order chi connectivity index (χ0) is 18.4. The first-order valence-electron chi connectivity index (χ1n) is 9.56. The van der Waals surface area contributed by atoms with E-state index in [0.717, 1.165) is 0 Å². The summed E-state index contributed by atoms with van der Waals surface area (Å²) in [5, 5.41) is 0. The molecule has 26 heavy (non-hydrogen) atoms. The molecule has 0 amide bonds. The van der Waals surface area contributed by atoms with E-state index in [1.165, 1.54) is 36.8 Å². The molecule has 140 valence electrons. The first kappa shape index (κ1) is 19.8. The van der Waals surface area contributed by atoms with Crippen LogP contribution in [0.5, 0.6) is 0 Å². The molecule has 2 unspecified atom stereocenters. The zero-order valence-electron chi connectivity index (χ0n) is 16.0. The van der Waals surface area contributed by atoms with Gasteiger partial charge in [0.25, 0.3) is 0 Å². The highest BCUT2D eigenvalue weighted by Crippen LogP contribution is 2.52. The summed E-state index contributed by atoms with van der Waals surface area (Å²) in [7, 11) is 0. The van der Waals surface area contributed by atoms with Crippen molar-refractivity contribution in [2.45, 2.75) is 50.9 Å². The van der Waals surface area contributed by atoms with Crippen LogP contribution in [0, 0.1) is 0 Å². The summed E-state index contributed by atoms with van der Waals surface area (Å²) in [4.78, 5) is 0. The SMILES string of the molecule is CCCCCC1N(SC)C(c2ccccc2)C(c2ccccc2)N1SC. The molecule has 3 rings (SSSR count). The predicted octanol–water partition coefficient (Wildman–Crippen LogP) is 6.55. The summed E-state index contributed by atoms with van der Waals surface area (Å²) in [6, 6.07) is 22.8. The fraction of sp³-hybridized carbons (Fsp3) is 0.455. The fourth-order valence-electron chi connectivity index (χ4n) is 4.02. The minimum atomic E-state index is 0.368. The first-order chi connectivity index (χ1) is 12.8. The standard InChI is InChI=1S/C22H30N2S2/c1-4-5-8-17-20-23(25-2)21(18-13-9-6-10-14-18)22(24(20)26-3)19-15-11-7-12-16-19/h6-7,9-16,20-22H,4-5,8,17H2,1-3H3. The third-order valence-electron chi connectivity index (χ3n) is 5.20. The van der Waals surface area contributed by atoms with Crippen LogP contribution in [-0.2, 0) is 0 Å². The Morgan fingerprint density at radius 2 is 1.19 bits per heavy atom. The molecule has 1 aliphatic heterocycles. The van der Waals surface area contributed by atoms with Crippen LogP contribution in [-0.4, -0.2) is 27.3 Å². The molecule has 0 spiro atoms. The van der Waals surface area contributed by atoms with Gasteiger partial charge in [-0.05, 0) is 30.1 Å². The van der Waals surface area contributed by atoms with Crippen LogP contribution in [0.2, 0.25) is 0 Å². The van der Waals surface area contributed by atoms with E-state index >= 15 is 0 Å². The highest BCUT2D eigenvalue weighted by Gasteiger charge is 2.47. The van der Waals surface area contributed by atoms with Gasteiger partial charge in [0.2, 0.25) is 0 Å². The average Bonchev–Trinajstić information content (AvgIpc) is 3.03. The minimum Gasteiger partial charge on any atom is -0.224 e. The molecule has 4 heteroatoms. The Morgan fingerprint density at radius 1 is 0.731 bits per heavy atom. The van der Waals surface area contributed by atoms with Crippen LogP contribution in [0.3, 0.4) is 0 Å². The molecule has 0 radical (unpaired) electrons. The van der Waals surface area contributed by atoms with Gasteiger partial charge in [0.1, 0.15) is 0 Å². The normalized spacial score (nSPS) is 24.2. The van der Waals surface area contributed by atoms with E-state index in [0.29, 0.717) is 18.2 Å². The Morgan fingerprint density at radius 3 is 1.58 bits per heavy atom. The van der Waals surface area contributed by atoms with Gasteiger partial charge in [-0.2, -0.15) is 0 Å². The van der Waals surface area contributed by atoms with Gasteiger partial charge in [0.15, 0.2) is 0 Å². The molecule has 0 saturated carbocycles. The van der Waals surface area contributed by atoms with Crippen molar-refractivity contribution in [1.82, 2.24) is 8.61 Å². The van der Waals surface area contributed by atoms with Crippen LogP contribution in [0.1, 0.15) is 55.8 Å². The van der Waals surface area contributed by atoms with E-state index in [9.17, 15) is 0 Å². The molecule has 0 N–H and O–H groups in total. The van der Waals surface area contributed by atoms with Crippen molar-refractivity contribution in [2.24, 2.45) is 0 Å². The minimum absolute atomic E-state index is 0.368. The molecule has 1 aliphatic rings. The summed E-state index contributed by atoms with van der Waals surface area (Å²) in [6.45, 7) is 2.28. The predicted molar refractivity (Wildman–Crippen MR) is 117 cm³/mol. The van der Waals surface area contributed by atoms with E-state index in [2.05, 4.69) is 88.7 Å². The van der Waals surface area contributed by atoms with Crippen molar-refractivity contribution < 1.29 is 0 Å². The molecule has 1 saturated heterocycles. The van der Waals surface area contributed by atoms with Gasteiger partial charge < -0.3 is 0 Å². The molecular weight excluding hydrogens is 356 g/mol. The zero-order valence-corrected chi connectivity index (χ0v) is 17.7. The molecule has 2 nitrogen and oxygen atoms in total. The van der Waals surface area contributed by atoms with Crippen LogP contribution < -0.4 is 0 Å². The maximum absolute atomic E-state index is 2.64. The number of hydrogen-bond acceptors (Lipinski definition) is 4. The van der Waals surface area contributed by atoms with Crippen LogP contribution in [0.4, 0.5) is 0 Å². The first-order valence-corrected chi connectivity index (χ1v) is 11.9. The lowest BCUT2D eigenvalue weighted by Gasteiger charge is -2.29. The van der Waals surface area contributed by atoms with Gasteiger partial charge in [0.05, 0.1) is 18.2 Å². The second-order valence-electron chi connectivity index (χ2n) is 6.77. The van der Waals surface area contributed by atoms with Gasteiger partial charge >= 0.3 is 0 Å². The Hall–Kier alpha value is -0.940. The van der Waals surface area contributed by atoms with Crippen molar-refractivity contribution in [3.8, 4) is 0 Å². The van der Waals surface area contributed by atoms with Gasteiger partial charge in [-0.3, -0.25) is 0 Å². The maximum Gasteiger partial charge on any atom is 0.0831 e. The second kappa shape index (κ2) is 9.84. The summed E-state index contributed by atoms with van der Waals surface area (Å²) < 4.78 is 5.28. The molecule has 1 heterocycles. The molecule has 0 bridgehead atoms. The number of rotatable bonds is 8. The van der Waals surface area contributed by atoms with Gasteiger partial charge in [-0.15, -0.1) is 0 Å². The third-order valence-corrected chi connectivity index (χ3v) is 6.99. The van der Waals surface area contributed by atoms with Crippen LogP contribution >= 0.6 is 23.9 Å². The van der Waals surface area contributed by atoms with E-state index in [4.69, 9.17) is 0 Å². The molecule has 0 aliphatic carbocycles. The van der Waals surface area contributed by atoms with Gasteiger partial charge in [0, 0.05) is 0 Å². The van der Waals surface area contributed by atoms with Crippen molar-refractivity contribution in [1.29, 1.82) is 0 Å². The largest absolute Gasteiger partial charge is 0.224 e. The lowest BCUT2D eigenvalue weighted by molar-refractivity contribution is 0.272. The quantitative estimate of drug-likeness (QED) is 0.375. The summed E-state index contributed by atoms with van der Waals surface area (Å²) in [6.07, 6.45) is 10.0. The average molecular weight is 387 g/mol. The number of unbranched alkanes of at least 4 members (excludes halogenated alkanes) is 2. The molecule has 0 aromatic heterocycles. The monoisotopic (exact) mass is 386 g/mol. The van der Waals surface area contributed by atoms with Crippen molar-refractivity contribution >= 4 is 23.9 Å². The summed E-state index contributed by atoms with van der Waals surface area (Å²) >= 11 is 3.79. The van der Waals surface area contributed by atoms with Gasteiger partial charge in [-0.1, -0.05) is 111 Å². The third kappa shape index (κ3) is 4.14. The maximum atomic E-state index is 2.64. The van der Waals surface area contributed by atoms with Crippen molar-refractivity contribution in [2.75, 3.05) is 12.5 Å². The van der Waals surface area contributed by atoms with Crippen LogP contribution in [0.15, 0.2) is 60.7 Å². The van der Waals surface area contributed by atoms with Gasteiger partial charge in [-0.25, -0.2) is 8.61 Å². The van der Waals surface area contributed by atoms with Crippen molar-refractivity contribution in [3.63, 3.8) is 0 Å². The molecular formula is C22H30N2S2.